The van der Waals surface area contributed by atoms with Crippen LogP contribution in [0.2, 0.25) is 0 Å². The van der Waals surface area contributed by atoms with Gasteiger partial charge in [-0.2, -0.15) is 0 Å². The first-order chi connectivity index (χ1) is 7.81. The Morgan fingerprint density at radius 3 is 2.31 bits per heavy atom. The Bertz CT molecular complexity index is 164. The predicted molar refractivity (Wildman–Crippen MR) is 71.9 cm³/mol. The van der Waals surface area contributed by atoms with Crippen molar-refractivity contribution >= 4 is 0 Å². The molecule has 0 aromatic heterocycles. The van der Waals surface area contributed by atoms with Crippen LogP contribution in [0.15, 0.2) is 0 Å². The molecule has 0 aliphatic carbocycles. The van der Waals surface area contributed by atoms with Gasteiger partial charge in [0.25, 0.3) is 0 Å². The van der Waals surface area contributed by atoms with E-state index in [1.54, 1.807) is 0 Å². The zero-order valence-electron chi connectivity index (χ0n) is 11.5. The van der Waals surface area contributed by atoms with Crippen molar-refractivity contribution in [2.75, 3.05) is 32.7 Å². The van der Waals surface area contributed by atoms with E-state index in [1.807, 2.05) is 0 Å². The SMILES string of the molecule is CCCCN1CCC(N(CCC)CCC)C1. The van der Waals surface area contributed by atoms with Crippen molar-refractivity contribution in [3.8, 4) is 0 Å². The summed E-state index contributed by atoms with van der Waals surface area (Å²) in [5, 5.41) is 0. The Hall–Kier alpha value is -0.0800. The van der Waals surface area contributed by atoms with E-state index in [-0.39, 0.29) is 0 Å². The second-order valence-electron chi connectivity index (χ2n) is 5.13. The molecule has 0 aromatic rings. The summed E-state index contributed by atoms with van der Waals surface area (Å²) in [5.41, 5.74) is 0. The number of hydrogen-bond acceptors (Lipinski definition) is 2. The molecule has 96 valence electrons. The standard InChI is InChI=1S/C14H30N2/c1-4-7-11-15-12-8-14(13-15)16(9-5-2)10-6-3/h14H,4-13H2,1-3H3. The van der Waals surface area contributed by atoms with Gasteiger partial charge in [0.15, 0.2) is 0 Å². The van der Waals surface area contributed by atoms with Crippen molar-refractivity contribution in [1.29, 1.82) is 0 Å². The van der Waals surface area contributed by atoms with Crippen molar-refractivity contribution in [2.45, 2.75) is 58.9 Å². The molecular formula is C14H30N2. The fourth-order valence-corrected chi connectivity index (χ4v) is 2.75. The zero-order chi connectivity index (χ0) is 11.8. The van der Waals surface area contributed by atoms with Gasteiger partial charge in [0.05, 0.1) is 0 Å². The summed E-state index contributed by atoms with van der Waals surface area (Å²) in [7, 11) is 0. The minimum absolute atomic E-state index is 0.844. The lowest BCUT2D eigenvalue weighted by atomic mass is 10.2. The van der Waals surface area contributed by atoms with Crippen molar-refractivity contribution in [3.63, 3.8) is 0 Å². The molecule has 0 N–H and O–H groups in total. The Kier molecular flexibility index (Phi) is 7.06. The first-order valence-corrected chi connectivity index (χ1v) is 7.28. The summed E-state index contributed by atoms with van der Waals surface area (Å²) >= 11 is 0. The molecule has 0 aromatic carbocycles. The number of likely N-dealkylation sites (tertiary alicyclic amines) is 1. The Labute approximate surface area is 102 Å². The third kappa shape index (κ3) is 4.42. The molecule has 0 saturated carbocycles. The number of unbranched alkanes of at least 4 members (excludes halogenated alkanes) is 1. The largest absolute Gasteiger partial charge is 0.302 e. The lowest BCUT2D eigenvalue weighted by Gasteiger charge is -2.28. The number of rotatable bonds is 8. The minimum Gasteiger partial charge on any atom is -0.302 e. The van der Waals surface area contributed by atoms with E-state index in [0.717, 1.165) is 6.04 Å². The van der Waals surface area contributed by atoms with Crippen LogP contribution in [0.4, 0.5) is 0 Å². The van der Waals surface area contributed by atoms with Gasteiger partial charge in [-0.15, -0.1) is 0 Å². The number of nitrogens with zero attached hydrogens (tertiary/aromatic N) is 2. The van der Waals surface area contributed by atoms with Crippen LogP contribution in [0.25, 0.3) is 0 Å². The molecule has 0 amide bonds. The minimum atomic E-state index is 0.844. The van der Waals surface area contributed by atoms with E-state index in [9.17, 15) is 0 Å². The normalized spacial score (nSPS) is 22.1. The molecule has 1 rings (SSSR count). The highest BCUT2D eigenvalue weighted by Crippen LogP contribution is 2.16. The molecular weight excluding hydrogens is 196 g/mol. The summed E-state index contributed by atoms with van der Waals surface area (Å²) in [6, 6.07) is 0.844. The highest BCUT2D eigenvalue weighted by atomic mass is 15.2. The molecule has 0 radical (unpaired) electrons. The van der Waals surface area contributed by atoms with Crippen molar-refractivity contribution in [1.82, 2.24) is 9.80 Å². The molecule has 1 aliphatic rings. The first-order valence-electron chi connectivity index (χ1n) is 7.28. The van der Waals surface area contributed by atoms with Crippen LogP contribution in [0.5, 0.6) is 0 Å². The van der Waals surface area contributed by atoms with Gasteiger partial charge in [-0.05, 0) is 51.9 Å². The van der Waals surface area contributed by atoms with Gasteiger partial charge in [-0.25, -0.2) is 0 Å². The molecule has 1 unspecified atom stereocenters. The maximum absolute atomic E-state index is 2.71. The van der Waals surface area contributed by atoms with E-state index in [0.29, 0.717) is 0 Å². The van der Waals surface area contributed by atoms with Gasteiger partial charge in [0.1, 0.15) is 0 Å². The molecule has 1 heterocycles. The zero-order valence-corrected chi connectivity index (χ0v) is 11.5. The maximum atomic E-state index is 2.71. The molecule has 1 atom stereocenters. The van der Waals surface area contributed by atoms with E-state index in [2.05, 4.69) is 30.6 Å². The third-order valence-corrected chi connectivity index (χ3v) is 3.61. The van der Waals surface area contributed by atoms with E-state index in [1.165, 1.54) is 64.8 Å². The quantitative estimate of drug-likeness (QED) is 0.628. The van der Waals surface area contributed by atoms with E-state index >= 15 is 0 Å². The smallest absolute Gasteiger partial charge is 0.0235 e. The second-order valence-corrected chi connectivity index (χ2v) is 5.13. The monoisotopic (exact) mass is 226 g/mol. The highest BCUT2D eigenvalue weighted by molar-refractivity contribution is 4.83. The number of hydrogen-bond donors (Lipinski definition) is 0. The Morgan fingerprint density at radius 2 is 1.75 bits per heavy atom. The van der Waals surface area contributed by atoms with Crippen LogP contribution in [0, 0.1) is 0 Å². The average Bonchev–Trinajstić information content (AvgIpc) is 2.74. The topological polar surface area (TPSA) is 6.48 Å². The molecule has 0 spiro atoms. The van der Waals surface area contributed by atoms with Crippen LogP contribution in [-0.4, -0.2) is 48.6 Å². The fourth-order valence-electron chi connectivity index (χ4n) is 2.75. The van der Waals surface area contributed by atoms with Gasteiger partial charge < -0.3 is 4.90 Å². The van der Waals surface area contributed by atoms with Crippen LogP contribution < -0.4 is 0 Å². The Morgan fingerprint density at radius 1 is 1.06 bits per heavy atom. The van der Waals surface area contributed by atoms with Gasteiger partial charge in [0.2, 0.25) is 0 Å². The van der Waals surface area contributed by atoms with Gasteiger partial charge in [-0.3, -0.25) is 4.90 Å². The average molecular weight is 226 g/mol. The van der Waals surface area contributed by atoms with Crippen LogP contribution in [0.3, 0.4) is 0 Å². The molecule has 1 saturated heterocycles. The molecule has 0 bridgehead atoms. The van der Waals surface area contributed by atoms with E-state index < -0.39 is 0 Å². The summed E-state index contributed by atoms with van der Waals surface area (Å²) < 4.78 is 0. The van der Waals surface area contributed by atoms with Crippen LogP contribution >= 0.6 is 0 Å². The second kappa shape index (κ2) is 8.08. The lowest BCUT2D eigenvalue weighted by Crippen LogP contribution is -2.38. The fraction of sp³-hybridized carbons (Fsp3) is 1.00. The Balaban J connectivity index is 2.30. The maximum Gasteiger partial charge on any atom is 0.0235 e. The molecule has 1 fully saturated rings. The van der Waals surface area contributed by atoms with Crippen LogP contribution in [-0.2, 0) is 0 Å². The van der Waals surface area contributed by atoms with Gasteiger partial charge in [-0.1, -0.05) is 27.2 Å². The van der Waals surface area contributed by atoms with Crippen molar-refractivity contribution in [2.24, 2.45) is 0 Å². The summed E-state index contributed by atoms with van der Waals surface area (Å²) in [5.74, 6) is 0. The molecule has 1 aliphatic heterocycles. The summed E-state index contributed by atoms with van der Waals surface area (Å²) in [6.07, 6.45) is 6.68. The lowest BCUT2D eigenvalue weighted by molar-refractivity contribution is 0.192. The molecule has 2 nitrogen and oxygen atoms in total. The van der Waals surface area contributed by atoms with Gasteiger partial charge in [0, 0.05) is 12.6 Å². The van der Waals surface area contributed by atoms with Crippen LogP contribution in [0.1, 0.15) is 52.9 Å². The van der Waals surface area contributed by atoms with Gasteiger partial charge >= 0.3 is 0 Å². The third-order valence-electron chi connectivity index (χ3n) is 3.61. The first kappa shape index (κ1) is 14.0. The van der Waals surface area contributed by atoms with E-state index in [4.69, 9.17) is 0 Å². The predicted octanol–water partition coefficient (Wildman–Crippen LogP) is 2.98. The molecule has 16 heavy (non-hydrogen) atoms. The molecule has 2 heteroatoms. The summed E-state index contributed by atoms with van der Waals surface area (Å²) in [4.78, 5) is 5.37. The van der Waals surface area contributed by atoms with Crippen molar-refractivity contribution in [3.05, 3.63) is 0 Å². The highest BCUT2D eigenvalue weighted by Gasteiger charge is 2.26. The summed E-state index contributed by atoms with van der Waals surface area (Å²) in [6.45, 7) is 13.4. The van der Waals surface area contributed by atoms with Crippen molar-refractivity contribution < 1.29 is 0 Å².